The minimum atomic E-state index is 0.0304. The number of thiophene rings is 1. The summed E-state index contributed by atoms with van der Waals surface area (Å²) in [7, 11) is 0. The average molecular weight is 246 g/mol. The molecule has 0 aromatic carbocycles. The van der Waals surface area contributed by atoms with Gasteiger partial charge in [-0.2, -0.15) is 0 Å². The Hall–Kier alpha value is -0.580. The predicted molar refractivity (Wildman–Crippen MR) is 60.4 cm³/mol. The summed E-state index contributed by atoms with van der Waals surface area (Å²) in [5.74, 6) is 0.271. The second-order valence-electron chi connectivity index (χ2n) is 3.69. The number of rotatable bonds is 2. The van der Waals surface area contributed by atoms with Crippen molar-refractivity contribution in [2.75, 3.05) is 19.7 Å². The van der Waals surface area contributed by atoms with E-state index >= 15 is 0 Å². The normalized spacial score (nSPS) is 20.9. The van der Waals surface area contributed by atoms with Crippen molar-refractivity contribution in [1.29, 1.82) is 0 Å². The van der Waals surface area contributed by atoms with Gasteiger partial charge in [0.1, 0.15) is 0 Å². The van der Waals surface area contributed by atoms with Gasteiger partial charge in [0.25, 0.3) is 5.91 Å². The van der Waals surface area contributed by atoms with E-state index in [-0.39, 0.29) is 18.4 Å². The molecule has 1 saturated heterocycles. The lowest BCUT2D eigenvalue weighted by Crippen LogP contribution is -2.28. The Morgan fingerprint density at radius 2 is 2.47 bits per heavy atom. The molecule has 1 amide bonds. The van der Waals surface area contributed by atoms with Gasteiger partial charge < -0.3 is 10.0 Å². The van der Waals surface area contributed by atoms with Gasteiger partial charge in [-0.25, -0.2) is 0 Å². The summed E-state index contributed by atoms with van der Waals surface area (Å²) in [5.41, 5.74) is 0. The average Bonchev–Trinajstić information content (AvgIpc) is 2.84. The molecule has 2 heterocycles. The summed E-state index contributed by atoms with van der Waals surface area (Å²) in [6.07, 6.45) is 0.890. The molecule has 1 atom stereocenters. The highest BCUT2D eigenvalue weighted by Crippen LogP contribution is 2.25. The maximum absolute atomic E-state index is 11.9. The van der Waals surface area contributed by atoms with Gasteiger partial charge in [0, 0.05) is 25.6 Å². The van der Waals surface area contributed by atoms with E-state index < -0.39 is 0 Å². The van der Waals surface area contributed by atoms with Crippen LogP contribution in [0.2, 0.25) is 4.34 Å². The van der Waals surface area contributed by atoms with Gasteiger partial charge in [-0.05, 0) is 18.6 Å². The maximum atomic E-state index is 11.9. The van der Waals surface area contributed by atoms with Crippen LogP contribution in [0.5, 0.6) is 0 Å². The van der Waals surface area contributed by atoms with Crippen LogP contribution in [-0.4, -0.2) is 35.6 Å². The molecule has 3 nitrogen and oxygen atoms in total. The zero-order chi connectivity index (χ0) is 10.8. The summed E-state index contributed by atoms with van der Waals surface area (Å²) < 4.78 is 0.635. The molecule has 0 unspecified atom stereocenters. The Kier molecular flexibility index (Phi) is 3.29. The van der Waals surface area contributed by atoms with Crippen LogP contribution in [-0.2, 0) is 0 Å². The Labute approximate surface area is 97.3 Å². The molecular formula is C10H12ClNO2S. The number of nitrogens with zero attached hydrogens (tertiary/aromatic N) is 1. The van der Waals surface area contributed by atoms with Crippen molar-refractivity contribution in [3.63, 3.8) is 0 Å². The number of likely N-dealkylation sites (tertiary alicyclic amines) is 1. The zero-order valence-corrected chi connectivity index (χ0v) is 9.72. The Balaban J connectivity index is 2.03. The molecule has 0 aliphatic carbocycles. The maximum Gasteiger partial charge on any atom is 0.263 e. The van der Waals surface area contributed by atoms with E-state index in [0.29, 0.717) is 15.8 Å². The van der Waals surface area contributed by atoms with Crippen molar-refractivity contribution in [3.05, 3.63) is 21.3 Å². The molecule has 5 heteroatoms. The number of aliphatic hydroxyl groups is 1. The van der Waals surface area contributed by atoms with Gasteiger partial charge in [0.2, 0.25) is 0 Å². The quantitative estimate of drug-likeness (QED) is 0.864. The van der Waals surface area contributed by atoms with E-state index in [2.05, 4.69) is 0 Å². The fraction of sp³-hybridized carbons (Fsp3) is 0.500. The van der Waals surface area contributed by atoms with E-state index in [9.17, 15) is 4.79 Å². The van der Waals surface area contributed by atoms with Gasteiger partial charge in [-0.3, -0.25) is 4.79 Å². The standard InChI is InChI=1S/C10H12ClNO2S/c11-9-2-1-8(15-9)10(14)12-4-3-7(5-12)6-13/h1-2,7,13H,3-6H2/t7-/m0/s1. The molecule has 1 aromatic heterocycles. The number of carbonyl (C=O) groups excluding carboxylic acids is 1. The lowest BCUT2D eigenvalue weighted by molar-refractivity contribution is 0.0786. The minimum absolute atomic E-state index is 0.0304. The van der Waals surface area contributed by atoms with Crippen molar-refractivity contribution >= 4 is 28.8 Å². The smallest absolute Gasteiger partial charge is 0.263 e. The number of hydrogen-bond donors (Lipinski definition) is 1. The number of carbonyl (C=O) groups is 1. The highest BCUT2D eigenvalue weighted by molar-refractivity contribution is 7.17. The van der Waals surface area contributed by atoms with Gasteiger partial charge in [0.15, 0.2) is 0 Å². The first-order valence-electron chi connectivity index (χ1n) is 4.86. The molecule has 15 heavy (non-hydrogen) atoms. The summed E-state index contributed by atoms with van der Waals surface area (Å²) >= 11 is 7.08. The third-order valence-electron chi connectivity index (χ3n) is 2.62. The van der Waals surface area contributed by atoms with Gasteiger partial charge in [0.05, 0.1) is 9.21 Å². The van der Waals surface area contributed by atoms with Crippen LogP contribution in [0.3, 0.4) is 0 Å². The van der Waals surface area contributed by atoms with Crippen LogP contribution in [0.15, 0.2) is 12.1 Å². The van der Waals surface area contributed by atoms with Crippen LogP contribution in [0.1, 0.15) is 16.1 Å². The molecule has 2 rings (SSSR count). The third-order valence-corrected chi connectivity index (χ3v) is 3.83. The first kappa shape index (κ1) is 10.9. The van der Waals surface area contributed by atoms with E-state index in [1.54, 1.807) is 17.0 Å². The van der Waals surface area contributed by atoms with Crippen molar-refractivity contribution < 1.29 is 9.90 Å². The van der Waals surface area contributed by atoms with E-state index in [1.807, 2.05) is 0 Å². The summed E-state index contributed by atoms with van der Waals surface area (Å²) in [4.78, 5) is 14.4. The Bertz CT molecular complexity index is 366. The number of amides is 1. The highest BCUT2D eigenvalue weighted by atomic mass is 35.5. The van der Waals surface area contributed by atoms with Gasteiger partial charge >= 0.3 is 0 Å². The summed E-state index contributed by atoms with van der Waals surface area (Å²) in [6.45, 7) is 1.55. The molecule has 0 bridgehead atoms. The third kappa shape index (κ3) is 2.33. The molecule has 1 aliphatic heterocycles. The van der Waals surface area contributed by atoms with Crippen molar-refractivity contribution in [3.8, 4) is 0 Å². The lowest BCUT2D eigenvalue weighted by atomic mass is 10.1. The molecule has 0 saturated carbocycles. The molecule has 1 fully saturated rings. The second kappa shape index (κ2) is 4.51. The molecule has 1 aliphatic rings. The second-order valence-corrected chi connectivity index (χ2v) is 5.41. The first-order valence-corrected chi connectivity index (χ1v) is 6.05. The summed E-state index contributed by atoms with van der Waals surface area (Å²) in [5, 5.41) is 8.98. The van der Waals surface area contributed by atoms with Crippen molar-refractivity contribution in [2.24, 2.45) is 5.92 Å². The Morgan fingerprint density at radius 1 is 1.67 bits per heavy atom. The Morgan fingerprint density at radius 3 is 3.00 bits per heavy atom. The topological polar surface area (TPSA) is 40.5 Å². The predicted octanol–water partition coefficient (Wildman–Crippen LogP) is 1.86. The summed E-state index contributed by atoms with van der Waals surface area (Å²) in [6, 6.07) is 3.49. The van der Waals surface area contributed by atoms with E-state index in [0.717, 1.165) is 13.0 Å². The zero-order valence-electron chi connectivity index (χ0n) is 8.15. The molecule has 82 valence electrons. The lowest BCUT2D eigenvalue weighted by Gasteiger charge is -2.14. The molecule has 1 aromatic rings. The van der Waals surface area contributed by atoms with Crippen LogP contribution in [0.25, 0.3) is 0 Å². The van der Waals surface area contributed by atoms with Crippen LogP contribution < -0.4 is 0 Å². The van der Waals surface area contributed by atoms with Crippen LogP contribution >= 0.6 is 22.9 Å². The number of hydrogen-bond acceptors (Lipinski definition) is 3. The minimum Gasteiger partial charge on any atom is -0.396 e. The fourth-order valence-electron chi connectivity index (χ4n) is 1.75. The van der Waals surface area contributed by atoms with Crippen molar-refractivity contribution in [1.82, 2.24) is 4.90 Å². The van der Waals surface area contributed by atoms with Gasteiger partial charge in [-0.1, -0.05) is 11.6 Å². The molecule has 0 radical (unpaired) electrons. The molecular weight excluding hydrogens is 234 g/mol. The monoisotopic (exact) mass is 245 g/mol. The van der Waals surface area contributed by atoms with E-state index in [1.165, 1.54) is 11.3 Å². The van der Waals surface area contributed by atoms with Crippen LogP contribution in [0.4, 0.5) is 0 Å². The molecule has 1 N–H and O–H groups in total. The largest absolute Gasteiger partial charge is 0.396 e. The first-order chi connectivity index (χ1) is 7.20. The number of halogens is 1. The fourth-order valence-corrected chi connectivity index (χ4v) is 2.76. The van der Waals surface area contributed by atoms with Crippen molar-refractivity contribution in [2.45, 2.75) is 6.42 Å². The van der Waals surface area contributed by atoms with E-state index in [4.69, 9.17) is 16.7 Å². The SMILES string of the molecule is O=C(c1ccc(Cl)s1)N1CC[C@H](CO)C1. The highest BCUT2D eigenvalue weighted by Gasteiger charge is 2.26. The van der Waals surface area contributed by atoms with Gasteiger partial charge in [-0.15, -0.1) is 11.3 Å². The number of aliphatic hydroxyl groups excluding tert-OH is 1. The van der Waals surface area contributed by atoms with Crippen LogP contribution in [0, 0.1) is 5.92 Å². The molecule has 0 spiro atoms.